The van der Waals surface area contributed by atoms with Crippen molar-refractivity contribution < 1.29 is 9.53 Å². The van der Waals surface area contributed by atoms with Gasteiger partial charge >= 0.3 is 0 Å². The number of hydrogen-bond donors (Lipinski definition) is 2. The molecule has 1 unspecified atom stereocenters. The molecule has 1 aromatic heterocycles. The molecule has 1 heterocycles. The molecule has 1 atom stereocenters. The summed E-state index contributed by atoms with van der Waals surface area (Å²) in [5.41, 5.74) is 0.446. The lowest BCUT2D eigenvalue weighted by molar-refractivity contribution is 0.0891. The van der Waals surface area contributed by atoms with Crippen LogP contribution in [0.25, 0.3) is 0 Å². The molecule has 5 nitrogen and oxygen atoms in total. The Labute approximate surface area is 118 Å². The molecule has 106 valence electrons. The Morgan fingerprint density at radius 1 is 1.58 bits per heavy atom. The third-order valence-electron chi connectivity index (χ3n) is 2.68. The Kier molecular flexibility index (Phi) is 6.59. The summed E-state index contributed by atoms with van der Waals surface area (Å²) < 4.78 is 5.09. The van der Waals surface area contributed by atoms with Crippen molar-refractivity contribution in [3.63, 3.8) is 0 Å². The zero-order valence-corrected chi connectivity index (χ0v) is 12.3. The molecule has 0 saturated heterocycles. The fourth-order valence-electron chi connectivity index (χ4n) is 1.76. The first-order valence-corrected chi connectivity index (χ1v) is 6.63. The molecule has 1 aromatic rings. The highest BCUT2D eigenvalue weighted by Crippen LogP contribution is 2.19. The summed E-state index contributed by atoms with van der Waals surface area (Å²) >= 11 is 6.00. The van der Waals surface area contributed by atoms with Crippen LogP contribution in [0.4, 0.5) is 5.82 Å². The van der Waals surface area contributed by atoms with E-state index in [-0.39, 0.29) is 11.9 Å². The van der Waals surface area contributed by atoms with Crippen LogP contribution in [0, 0.1) is 0 Å². The first-order valence-electron chi connectivity index (χ1n) is 6.25. The van der Waals surface area contributed by atoms with Crippen LogP contribution in [-0.4, -0.2) is 37.7 Å². The normalized spacial score (nSPS) is 12.0. The standard InChI is InChI=1S/C13H20ClN3O2/c1-4-5-10(8-19-3)17-13(18)9-6-11(14)12(15-2)16-7-9/h6-7,10H,4-5,8H2,1-3H3,(H,15,16)(H,17,18). The molecule has 0 radical (unpaired) electrons. The monoisotopic (exact) mass is 285 g/mol. The van der Waals surface area contributed by atoms with Crippen molar-refractivity contribution in [1.82, 2.24) is 10.3 Å². The van der Waals surface area contributed by atoms with E-state index in [2.05, 4.69) is 22.5 Å². The Balaban J connectivity index is 2.73. The smallest absolute Gasteiger partial charge is 0.253 e. The highest BCUT2D eigenvalue weighted by Gasteiger charge is 2.14. The second kappa shape index (κ2) is 7.96. The molecule has 0 fully saturated rings. The first kappa shape index (κ1) is 15.7. The number of pyridine rings is 1. The minimum Gasteiger partial charge on any atom is -0.383 e. The summed E-state index contributed by atoms with van der Waals surface area (Å²) in [5, 5.41) is 6.19. The second-order valence-corrected chi connectivity index (χ2v) is 4.63. The van der Waals surface area contributed by atoms with E-state index in [1.165, 1.54) is 6.20 Å². The zero-order valence-electron chi connectivity index (χ0n) is 11.5. The van der Waals surface area contributed by atoms with E-state index in [1.807, 2.05) is 0 Å². The molecule has 0 saturated carbocycles. The van der Waals surface area contributed by atoms with Crippen molar-refractivity contribution in [2.45, 2.75) is 25.8 Å². The Hall–Kier alpha value is -1.33. The van der Waals surface area contributed by atoms with Gasteiger partial charge in [0.25, 0.3) is 5.91 Å². The van der Waals surface area contributed by atoms with Crippen LogP contribution < -0.4 is 10.6 Å². The second-order valence-electron chi connectivity index (χ2n) is 4.22. The van der Waals surface area contributed by atoms with Crippen molar-refractivity contribution in [2.24, 2.45) is 0 Å². The number of hydrogen-bond acceptors (Lipinski definition) is 4. The first-order chi connectivity index (χ1) is 9.12. The molecular formula is C13H20ClN3O2. The fourth-order valence-corrected chi connectivity index (χ4v) is 2.02. The molecule has 19 heavy (non-hydrogen) atoms. The van der Waals surface area contributed by atoms with Gasteiger partial charge in [-0.2, -0.15) is 0 Å². The molecule has 0 aliphatic carbocycles. The number of anilines is 1. The third kappa shape index (κ3) is 4.69. The number of carbonyl (C=O) groups excluding carboxylic acids is 1. The van der Waals surface area contributed by atoms with Crippen LogP contribution in [0.3, 0.4) is 0 Å². The highest BCUT2D eigenvalue weighted by molar-refractivity contribution is 6.33. The van der Waals surface area contributed by atoms with E-state index in [9.17, 15) is 4.79 Å². The van der Waals surface area contributed by atoms with E-state index in [0.717, 1.165) is 12.8 Å². The van der Waals surface area contributed by atoms with Crippen molar-refractivity contribution in [1.29, 1.82) is 0 Å². The lowest BCUT2D eigenvalue weighted by Crippen LogP contribution is -2.38. The molecule has 0 aliphatic rings. The van der Waals surface area contributed by atoms with Crippen molar-refractivity contribution in [3.8, 4) is 0 Å². The maximum Gasteiger partial charge on any atom is 0.253 e. The summed E-state index contributed by atoms with van der Waals surface area (Å²) in [6.07, 6.45) is 3.35. The highest BCUT2D eigenvalue weighted by atomic mass is 35.5. The summed E-state index contributed by atoms with van der Waals surface area (Å²) in [6, 6.07) is 1.61. The van der Waals surface area contributed by atoms with Crippen LogP contribution in [0.1, 0.15) is 30.1 Å². The van der Waals surface area contributed by atoms with E-state index in [4.69, 9.17) is 16.3 Å². The summed E-state index contributed by atoms with van der Waals surface area (Å²) in [7, 11) is 3.35. The van der Waals surface area contributed by atoms with Crippen LogP contribution in [-0.2, 0) is 4.74 Å². The van der Waals surface area contributed by atoms with Crippen molar-refractivity contribution in [2.75, 3.05) is 26.1 Å². The minimum atomic E-state index is -0.187. The molecule has 0 spiro atoms. The molecule has 0 bridgehead atoms. The zero-order chi connectivity index (χ0) is 14.3. The molecule has 0 aromatic carbocycles. The Morgan fingerprint density at radius 2 is 2.32 bits per heavy atom. The van der Waals surface area contributed by atoms with Crippen LogP contribution >= 0.6 is 11.6 Å². The number of aromatic nitrogens is 1. The van der Waals surface area contributed by atoms with Gasteiger partial charge in [-0.3, -0.25) is 4.79 Å². The van der Waals surface area contributed by atoms with Gasteiger partial charge in [-0.1, -0.05) is 24.9 Å². The number of ether oxygens (including phenoxy) is 1. The van der Waals surface area contributed by atoms with Gasteiger partial charge in [-0.25, -0.2) is 4.98 Å². The molecular weight excluding hydrogens is 266 g/mol. The molecule has 1 rings (SSSR count). The number of amides is 1. The fraction of sp³-hybridized carbons (Fsp3) is 0.538. The van der Waals surface area contributed by atoms with E-state index in [1.54, 1.807) is 20.2 Å². The molecule has 0 aliphatic heterocycles. The largest absolute Gasteiger partial charge is 0.383 e. The van der Waals surface area contributed by atoms with Gasteiger partial charge in [0.15, 0.2) is 0 Å². The van der Waals surface area contributed by atoms with E-state index in [0.29, 0.717) is 23.0 Å². The van der Waals surface area contributed by atoms with E-state index < -0.39 is 0 Å². The lowest BCUT2D eigenvalue weighted by atomic mass is 10.1. The average molecular weight is 286 g/mol. The summed E-state index contributed by atoms with van der Waals surface area (Å²) in [5.74, 6) is 0.368. The minimum absolute atomic E-state index is 0.00486. The van der Waals surface area contributed by atoms with Crippen LogP contribution in [0.15, 0.2) is 12.3 Å². The predicted octanol–water partition coefficient (Wildman–Crippen LogP) is 2.32. The molecule has 2 N–H and O–H groups in total. The van der Waals surface area contributed by atoms with Crippen LogP contribution in [0.5, 0.6) is 0 Å². The average Bonchev–Trinajstić information content (AvgIpc) is 2.39. The van der Waals surface area contributed by atoms with Crippen LogP contribution in [0.2, 0.25) is 5.02 Å². The van der Waals surface area contributed by atoms with Gasteiger partial charge in [-0.05, 0) is 12.5 Å². The van der Waals surface area contributed by atoms with Crippen molar-refractivity contribution in [3.05, 3.63) is 22.8 Å². The Bertz CT molecular complexity index is 420. The number of rotatable bonds is 7. The quantitative estimate of drug-likeness (QED) is 0.807. The lowest BCUT2D eigenvalue weighted by Gasteiger charge is -2.17. The van der Waals surface area contributed by atoms with Gasteiger partial charge in [0.1, 0.15) is 5.82 Å². The van der Waals surface area contributed by atoms with Gasteiger partial charge in [0, 0.05) is 20.4 Å². The predicted molar refractivity (Wildman–Crippen MR) is 76.8 cm³/mol. The number of carbonyl (C=O) groups is 1. The van der Waals surface area contributed by atoms with Gasteiger partial charge < -0.3 is 15.4 Å². The van der Waals surface area contributed by atoms with Gasteiger partial charge in [0.05, 0.1) is 23.2 Å². The number of nitrogens with zero attached hydrogens (tertiary/aromatic N) is 1. The number of methoxy groups -OCH3 is 1. The van der Waals surface area contributed by atoms with E-state index >= 15 is 0 Å². The summed E-state index contributed by atoms with van der Waals surface area (Å²) in [6.45, 7) is 2.56. The summed E-state index contributed by atoms with van der Waals surface area (Å²) in [4.78, 5) is 16.2. The topological polar surface area (TPSA) is 63.2 Å². The third-order valence-corrected chi connectivity index (χ3v) is 2.97. The maximum absolute atomic E-state index is 12.1. The number of nitrogens with one attached hydrogen (secondary N) is 2. The van der Waals surface area contributed by atoms with Crippen molar-refractivity contribution >= 4 is 23.3 Å². The number of halogens is 1. The molecule has 1 amide bonds. The van der Waals surface area contributed by atoms with Gasteiger partial charge in [-0.15, -0.1) is 0 Å². The SMILES string of the molecule is CCCC(COC)NC(=O)c1cnc(NC)c(Cl)c1. The van der Waals surface area contributed by atoms with Gasteiger partial charge in [0.2, 0.25) is 0 Å². The molecule has 6 heteroatoms. The maximum atomic E-state index is 12.1. The Morgan fingerprint density at radius 3 is 2.84 bits per heavy atom.